The number of rotatable bonds is 6. The summed E-state index contributed by atoms with van der Waals surface area (Å²) in [4.78, 5) is 11.1. The van der Waals surface area contributed by atoms with Crippen molar-refractivity contribution in [2.24, 2.45) is 0 Å². The average molecular weight is 291 g/mol. The quantitative estimate of drug-likeness (QED) is 0.787. The van der Waals surface area contributed by atoms with Crippen LogP contribution in [0.2, 0.25) is 0 Å². The highest BCUT2D eigenvalue weighted by molar-refractivity contribution is 5.94. The summed E-state index contributed by atoms with van der Waals surface area (Å²) in [5.74, 6) is -0.396. The number of aromatic nitrogens is 2. The molecule has 0 saturated heterocycles. The predicted molar refractivity (Wildman–Crippen MR) is 76.6 cm³/mol. The molecule has 2 rings (SSSR count). The first-order valence-corrected chi connectivity index (χ1v) is 6.40. The molecule has 21 heavy (non-hydrogen) atoms. The zero-order valence-corrected chi connectivity index (χ0v) is 11.9. The second-order valence-corrected chi connectivity index (χ2v) is 4.39. The number of nitrogen functional groups attached to an aromatic ring is 1. The number of carbonyl (C=O) groups is 1. The fourth-order valence-electron chi connectivity index (χ4n) is 1.85. The molecule has 7 heteroatoms. The van der Waals surface area contributed by atoms with Crippen molar-refractivity contribution in [2.45, 2.75) is 20.1 Å². The Morgan fingerprint density at radius 1 is 1.43 bits per heavy atom. The third kappa shape index (κ3) is 3.25. The van der Waals surface area contributed by atoms with Gasteiger partial charge in [-0.15, -0.1) is 0 Å². The van der Waals surface area contributed by atoms with E-state index in [4.69, 9.17) is 20.3 Å². The van der Waals surface area contributed by atoms with Crippen molar-refractivity contribution in [3.05, 3.63) is 35.7 Å². The number of nitrogens with two attached hydrogens (primary N) is 1. The van der Waals surface area contributed by atoms with Gasteiger partial charge in [0.15, 0.2) is 11.5 Å². The molecule has 0 aliphatic rings. The highest BCUT2D eigenvalue weighted by Crippen LogP contribution is 2.32. The lowest BCUT2D eigenvalue weighted by atomic mass is 10.1. The summed E-state index contributed by atoms with van der Waals surface area (Å²) in [6.07, 6.45) is 3.56. The number of aromatic carboxylic acids is 1. The number of methoxy groups -OCH3 is 1. The summed E-state index contributed by atoms with van der Waals surface area (Å²) >= 11 is 0. The summed E-state index contributed by atoms with van der Waals surface area (Å²) in [7, 11) is 1.47. The number of hydrogen-bond acceptors (Lipinski definition) is 5. The van der Waals surface area contributed by atoms with Gasteiger partial charge >= 0.3 is 5.97 Å². The van der Waals surface area contributed by atoms with Gasteiger partial charge in [-0.2, -0.15) is 5.10 Å². The highest BCUT2D eigenvalue weighted by Gasteiger charge is 2.15. The van der Waals surface area contributed by atoms with E-state index in [2.05, 4.69) is 5.10 Å². The normalized spacial score (nSPS) is 10.4. The van der Waals surface area contributed by atoms with Crippen LogP contribution in [0.25, 0.3) is 0 Å². The van der Waals surface area contributed by atoms with Crippen LogP contribution in [0.3, 0.4) is 0 Å². The Morgan fingerprint density at radius 3 is 2.76 bits per heavy atom. The van der Waals surface area contributed by atoms with Crippen LogP contribution in [0.1, 0.15) is 22.8 Å². The van der Waals surface area contributed by atoms with Gasteiger partial charge in [0, 0.05) is 30.4 Å². The Balaban J connectivity index is 2.21. The van der Waals surface area contributed by atoms with Crippen LogP contribution in [0, 0.1) is 0 Å². The lowest BCUT2D eigenvalue weighted by Gasteiger charge is -2.12. The molecular weight excluding hydrogens is 274 g/mol. The molecule has 1 aromatic carbocycles. The number of hydrogen-bond donors (Lipinski definition) is 2. The van der Waals surface area contributed by atoms with Crippen LogP contribution < -0.4 is 15.2 Å². The maximum atomic E-state index is 11.1. The minimum atomic E-state index is -1.11. The highest BCUT2D eigenvalue weighted by atomic mass is 16.5. The molecule has 112 valence electrons. The van der Waals surface area contributed by atoms with Crippen LogP contribution in [0.5, 0.6) is 11.5 Å². The molecule has 0 saturated carbocycles. The van der Waals surface area contributed by atoms with Gasteiger partial charge in [0.25, 0.3) is 0 Å². The van der Waals surface area contributed by atoms with Crippen molar-refractivity contribution in [1.29, 1.82) is 0 Å². The SMILES string of the molecule is CCn1cc(COc2cc(C(=O)O)c(N)cc2OC)cn1. The van der Waals surface area contributed by atoms with E-state index in [9.17, 15) is 4.79 Å². The Kier molecular flexibility index (Phi) is 4.32. The van der Waals surface area contributed by atoms with Gasteiger partial charge in [0.2, 0.25) is 0 Å². The molecule has 3 N–H and O–H groups in total. The molecule has 0 aliphatic heterocycles. The van der Waals surface area contributed by atoms with Crippen molar-refractivity contribution in [2.75, 3.05) is 12.8 Å². The smallest absolute Gasteiger partial charge is 0.337 e. The molecule has 0 amide bonds. The molecule has 0 bridgehead atoms. The summed E-state index contributed by atoms with van der Waals surface area (Å²) < 4.78 is 12.6. The molecule has 0 unspecified atom stereocenters. The van der Waals surface area contributed by atoms with Crippen LogP contribution in [-0.2, 0) is 13.2 Å². The monoisotopic (exact) mass is 291 g/mol. The van der Waals surface area contributed by atoms with Gasteiger partial charge in [-0.25, -0.2) is 4.79 Å². The fraction of sp³-hybridized carbons (Fsp3) is 0.286. The molecule has 0 spiro atoms. The van der Waals surface area contributed by atoms with Crippen molar-refractivity contribution in [3.63, 3.8) is 0 Å². The maximum Gasteiger partial charge on any atom is 0.337 e. The maximum absolute atomic E-state index is 11.1. The van der Waals surface area contributed by atoms with Gasteiger partial charge < -0.3 is 20.3 Å². The number of ether oxygens (including phenoxy) is 2. The first kappa shape index (κ1) is 14.7. The van der Waals surface area contributed by atoms with Crippen LogP contribution in [0.4, 0.5) is 5.69 Å². The Labute approximate surface area is 121 Å². The molecular formula is C14H17N3O4. The predicted octanol–water partition coefficient (Wildman–Crippen LogP) is 1.77. The van der Waals surface area contributed by atoms with Crippen molar-refractivity contribution in [3.8, 4) is 11.5 Å². The minimum Gasteiger partial charge on any atom is -0.493 e. The molecule has 1 heterocycles. The van der Waals surface area contributed by atoms with Gasteiger partial charge in [-0.05, 0) is 6.92 Å². The van der Waals surface area contributed by atoms with E-state index < -0.39 is 5.97 Å². The second kappa shape index (κ2) is 6.17. The molecule has 0 radical (unpaired) electrons. The summed E-state index contributed by atoms with van der Waals surface area (Å²) in [6, 6.07) is 2.80. The van der Waals surface area contributed by atoms with E-state index in [1.54, 1.807) is 10.9 Å². The minimum absolute atomic E-state index is 0.0185. The second-order valence-electron chi connectivity index (χ2n) is 4.39. The third-order valence-corrected chi connectivity index (χ3v) is 2.97. The van der Waals surface area contributed by atoms with Crippen molar-refractivity contribution < 1.29 is 19.4 Å². The molecule has 2 aromatic rings. The number of carboxylic acid groups (broad SMARTS) is 1. The topological polar surface area (TPSA) is 99.6 Å². The zero-order chi connectivity index (χ0) is 15.4. The summed E-state index contributed by atoms with van der Waals surface area (Å²) in [5.41, 5.74) is 6.66. The zero-order valence-electron chi connectivity index (χ0n) is 11.9. The fourth-order valence-corrected chi connectivity index (χ4v) is 1.85. The van der Waals surface area contributed by atoms with E-state index in [-0.39, 0.29) is 17.9 Å². The van der Waals surface area contributed by atoms with E-state index in [0.717, 1.165) is 12.1 Å². The Hall–Kier alpha value is -2.70. The molecule has 0 fully saturated rings. The molecule has 7 nitrogen and oxygen atoms in total. The van der Waals surface area contributed by atoms with Crippen LogP contribution in [0.15, 0.2) is 24.5 Å². The van der Waals surface area contributed by atoms with E-state index in [1.165, 1.54) is 19.2 Å². The van der Waals surface area contributed by atoms with Gasteiger partial charge in [0.05, 0.1) is 24.6 Å². The van der Waals surface area contributed by atoms with E-state index in [0.29, 0.717) is 11.5 Å². The lowest BCUT2D eigenvalue weighted by molar-refractivity contribution is 0.0697. The van der Waals surface area contributed by atoms with Gasteiger partial charge in [-0.1, -0.05) is 0 Å². The Bertz CT molecular complexity index is 652. The van der Waals surface area contributed by atoms with Gasteiger partial charge in [-0.3, -0.25) is 4.68 Å². The summed E-state index contributed by atoms with van der Waals surface area (Å²) in [6.45, 7) is 3.02. The Morgan fingerprint density at radius 2 is 2.19 bits per heavy atom. The number of anilines is 1. The number of aryl methyl sites for hydroxylation is 1. The van der Waals surface area contributed by atoms with Crippen LogP contribution in [-0.4, -0.2) is 28.0 Å². The van der Waals surface area contributed by atoms with Crippen LogP contribution >= 0.6 is 0 Å². The molecule has 0 aliphatic carbocycles. The number of benzene rings is 1. The standard InChI is InChI=1S/C14H17N3O4/c1-3-17-7-9(6-16-17)8-21-13-4-10(14(18)19)11(15)5-12(13)20-2/h4-7H,3,8,15H2,1-2H3,(H,18,19). The van der Waals surface area contributed by atoms with Crippen molar-refractivity contribution in [1.82, 2.24) is 9.78 Å². The lowest BCUT2D eigenvalue weighted by Crippen LogP contribution is -2.05. The average Bonchev–Trinajstić information content (AvgIpc) is 2.93. The largest absolute Gasteiger partial charge is 0.493 e. The van der Waals surface area contributed by atoms with Gasteiger partial charge in [0.1, 0.15) is 6.61 Å². The first-order chi connectivity index (χ1) is 10.0. The number of carboxylic acids is 1. The van der Waals surface area contributed by atoms with Crippen molar-refractivity contribution >= 4 is 11.7 Å². The molecule has 0 atom stereocenters. The van der Waals surface area contributed by atoms with E-state index >= 15 is 0 Å². The molecule has 1 aromatic heterocycles. The number of nitrogens with zero attached hydrogens (tertiary/aromatic N) is 2. The van der Waals surface area contributed by atoms with E-state index in [1.807, 2.05) is 13.1 Å². The third-order valence-electron chi connectivity index (χ3n) is 2.97. The first-order valence-electron chi connectivity index (χ1n) is 6.40. The summed E-state index contributed by atoms with van der Waals surface area (Å²) in [5, 5.41) is 13.2.